The van der Waals surface area contributed by atoms with Crippen LogP contribution in [0.1, 0.15) is 11.1 Å². The van der Waals surface area contributed by atoms with Gasteiger partial charge in [-0.3, -0.25) is 5.43 Å². The van der Waals surface area contributed by atoms with Crippen LogP contribution in [0.3, 0.4) is 0 Å². The van der Waals surface area contributed by atoms with E-state index in [9.17, 15) is 0 Å². The Balaban J connectivity index is 2.09. The molecule has 0 aliphatic heterocycles. The lowest BCUT2D eigenvalue weighted by molar-refractivity contribution is 0.185. The third-order valence-corrected chi connectivity index (χ3v) is 2.94. The number of para-hydroxylation sites is 1. The normalized spacial score (nSPS) is 11.0. The van der Waals surface area contributed by atoms with Gasteiger partial charge in [-0.2, -0.15) is 0 Å². The molecule has 0 fully saturated rings. The zero-order valence-electron chi connectivity index (χ0n) is 12.2. The van der Waals surface area contributed by atoms with Crippen LogP contribution in [-0.2, 0) is 22.7 Å². The van der Waals surface area contributed by atoms with Crippen LogP contribution in [0.2, 0.25) is 0 Å². The number of hydrogen-bond acceptors (Lipinski definition) is 4. The van der Waals surface area contributed by atoms with Crippen LogP contribution >= 0.6 is 0 Å². The van der Waals surface area contributed by atoms with E-state index in [0.717, 1.165) is 22.5 Å². The average Bonchev–Trinajstić information content (AvgIpc) is 2.51. The van der Waals surface area contributed by atoms with E-state index in [1.54, 1.807) is 14.2 Å². The highest BCUT2D eigenvalue weighted by Crippen LogP contribution is 2.21. The molecule has 0 aliphatic carbocycles. The van der Waals surface area contributed by atoms with Crippen LogP contribution in [-0.4, -0.2) is 14.2 Å². The molecule has 0 amide bonds. The zero-order valence-corrected chi connectivity index (χ0v) is 12.2. The van der Waals surface area contributed by atoms with Gasteiger partial charge in [0.2, 0.25) is 0 Å². The summed E-state index contributed by atoms with van der Waals surface area (Å²) in [6, 6.07) is 15.6. The Morgan fingerprint density at radius 3 is 2.24 bits per heavy atom. The van der Waals surface area contributed by atoms with Gasteiger partial charge in [-0.25, -0.2) is 0 Å². The van der Waals surface area contributed by atoms with Crippen LogP contribution in [0.5, 0.6) is 0 Å². The summed E-state index contributed by atoms with van der Waals surface area (Å²) >= 11 is 0. The van der Waals surface area contributed by atoms with Crippen LogP contribution in [0, 0.1) is 0 Å². The smallest absolute Gasteiger partial charge is 0.0929 e. The van der Waals surface area contributed by atoms with Crippen molar-refractivity contribution in [3.63, 3.8) is 0 Å². The molecule has 21 heavy (non-hydrogen) atoms. The van der Waals surface area contributed by atoms with Crippen molar-refractivity contribution in [1.82, 2.24) is 0 Å². The predicted molar refractivity (Wildman–Crippen MR) is 82.4 cm³/mol. The van der Waals surface area contributed by atoms with Gasteiger partial charge in [0, 0.05) is 25.3 Å². The lowest BCUT2D eigenvalue weighted by Crippen LogP contribution is -1.95. The summed E-state index contributed by atoms with van der Waals surface area (Å²) in [5.74, 6) is 0. The monoisotopic (exact) mass is 285 g/mol. The molecule has 0 saturated heterocycles. The highest BCUT2D eigenvalue weighted by molar-refractivity contribution is 5.50. The fourth-order valence-corrected chi connectivity index (χ4v) is 1.93. The summed E-state index contributed by atoms with van der Waals surface area (Å²) in [6.45, 7) is 1.04. The van der Waals surface area contributed by atoms with Gasteiger partial charge < -0.3 is 9.47 Å². The van der Waals surface area contributed by atoms with Crippen molar-refractivity contribution in [2.45, 2.75) is 13.2 Å². The van der Waals surface area contributed by atoms with Gasteiger partial charge in [0.05, 0.1) is 24.6 Å². The first-order valence-electron chi connectivity index (χ1n) is 6.65. The fraction of sp³-hybridized carbons (Fsp3) is 0.250. The van der Waals surface area contributed by atoms with Gasteiger partial charge in [0.15, 0.2) is 0 Å². The maximum absolute atomic E-state index is 5.16. The number of nitrogens with zero attached hydrogens (tertiary/aromatic N) is 2. The highest BCUT2D eigenvalue weighted by Gasteiger charge is 2.01. The Labute approximate surface area is 124 Å². The number of anilines is 1. The number of hydrogen-bond donors (Lipinski definition) is 1. The van der Waals surface area contributed by atoms with Crippen molar-refractivity contribution in [2.24, 2.45) is 10.3 Å². The number of benzene rings is 2. The van der Waals surface area contributed by atoms with Crippen molar-refractivity contribution in [1.29, 1.82) is 0 Å². The van der Waals surface area contributed by atoms with E-state index in [1.165, 1.54) is 0 Å². The van der Waals surface area contributed by atoms with E-state index >= 15 is 0 Å². The number of rotatable bonds is 7. The van der Waals surface area contributed by atoms with E-state index in [2.05, 4.69) is 15.8 Å². The van der Waals surface area contributed by atoms with Crippen molar-refractivity contribution in [3.05, 3.63) is 59.7 Å². The SMILES string of the molecule is COCc1ccccc1/N=N/Nc1ccccc1COC. The third-order valence-electron chi connectivity index (χ3n) is 2.94. The minimum absolute atomic E-state index is 0.509. The van der Waals surface area contributed by atoms with Crippen LogP contribution in [0.15, 0.2) is 58.9 Å². The minimum atomic E-state index is 0.509. The summed E-state index contributed by atoms with van der Waals surface area (Å²) in [4.78, 5) is 0. The predicted octanol–water partition coefficient (Wildman–Crippen LogP) is 4.09. The molecule has 0 aliphatic rings. The zero-order chi connectivity index (χ0) is 14.9. The Kier molecular flexibility index (Phi) is 5.87. The summed E-state index contributed by atoms with van der Waals surface area (Å²) < 4.78 is 10.3. The third kappa shape index (κ3) is 4.37. The number of methoxy groups -OCH3 is 2. The van der Waals surface area contributed by atoms with E-state index in [0.29, 0.717) is 13.2 Å². The number of nitrogens with one attached hydrogen (secondary N) is 1. The molecule has 2 rings (SSSR count). The van der Waals surface area contributed by atoms with Crippen molar-refractivity contribution >= 4 is 11.4 Å². The molecular formula is C16H19N3O2. The van der Waals surface area contributed by atoms with Gasteiger partial charge in [-0.1, -0.05) is 41.6 Å². The molecule has 110 valence electrons. The van der Waals surface area contributed by atoms with Crippen LogP contribution in [0.4, 0.5) is 11.4 Å². The molecule has 0 atom stereocenters. The minimum Gasteiger partial charge on any atom is -0.380 e. The van der Waals surface area contributed by atoms with Gasteiger partial charge in [0.25, 0.3) is 0 Å². The lowest BCUT2D eigenvalue weighted by Gasteiger charge is -2.07. The molecule has 2 aromatic rings. The van der Waals surface area contributed by atoms with Gasteiger partial charge in [-0.05, 0) is 12.1 Å². The Morgan fingerprint density at radius 1 is 0.857 bits per heavy atom. The Bertz CT molecular complexity index is 600. The first-order valence-corrected chi connectivity index (χ1v) is 6.65. The summed E-state index contributed by atoms with van der Waals surface area (Å²) in [7, 11) is 3.33. The maximum Gasteiger partial charge on any atom is 0.0929 e. The molecule has 1 N–H and O–H groups in total. The topological polar surface area (TPSA) is 55.2 Å². The number of ether oxygens (including phenoxy) is 2. The standard InChI is InChI=1S/C16H19N3O2/c1-20-11-13-7-3-5-9-15(13)17-19-18-16-10-6-4-8-14(16)12-21-2/h3-10H,11-12H2,1-2H3,(H,17,18). The molecule has 0 heterocycles. The van der Waals surface area contributed by atoms with E-state index < -0.39 is 0 Å². The molecule has 0 saturated carbocycles. The lowest BCUT2D eigenvalue weighted by atomic mass is 10.2. The van der Waals surface area contributed by atoms with Gasteiger partial charge >= 0.3 is 0 Å². The quantitative estimate of drug-likeness (QED) is 0.615. The molecule has 0 aromatic heterocycles. The second-order valence-corrected chi connectivity index (χ2v) is 4.46. The van der Waals surface area contributed by atoms with Gasteiger partial charge in [0.1, 0.15) is 0 Å². The molecule has 2 aromatic carbocycles. The summed E-state index contributed by atoms with van der Waals surface area (Å²) in [5, 5.41) is 8.28. The van der Waals surface area contributed by atoms with Crippen molar-refractivity contribution < 1.29 is 9.47 Å². The van der Waals surface area contributed by atoms with E-state index in [-0.39, 0.29) is 0 Å². The van der Waals surface area contributed by atoms with E-state index in [1.807, 2.05) is 48.5 Å². The molecule has 0 bridgehead atoms. The molecule has 5 heteroatoms. The first kappa shape index (κ1) is 15.2. The molecule has 5 nitrogen and oxygen atoms in total. The second-order valence-electron chi connectivity index (χ2n) is 4.46. The Hall–Kier alpha value is -2.24. The Morgan fingerprint density at radius 2 is 1.48 bits per heavy atom. The van der Waals surface area contributed by atoms with Crippen molar-refractivity contribution in [3.8, 4) is 0 Å². The van der Waals surface area contributed by atoms with E-state index in [4.69, 9.17) is 9.47 Å². The summed E-state index contributed by atoms with van der Waals surface area (Å²) in [6.07, 6.45) is 0. The van der Waals surface area contributed by atoms with Gasteiger partial charge in [-0.15, -0.1) is 5.11 Å². The summed E-state index contributed by atoms with van der Waals surface area (Å²) in [5.41, 5.74) is 6.65. The maximum atomic E-state index is 5.16. The molecule has 0 radical (unpaired) electrons. The molecule has 0 spiro atoms. The largest absolute Gasteiger partial charge is 0.380 e. The average molecular weight is 285 g/mol. The molecule has 0 unspecified atom stereocenters. The van der Waals surface area contributed by atoms with Crippen LogP contribution in [0.25, 0.3) is 0 Å². The second kappa shape index (κ2) is 8.14. The molecular weight excluding hydrogens is 266 g/mol. The highest BCUT2D eigenvalue weighted by atomic mass is 16.5. The fourth-order valence-electron chi connectivity index (χ4n) is 1.93. The van der Waals surface area contributed by atoms with Crippen molar-refractivity contribution in [2.75, 3.05) is 19.6 Å². The van der Waals surface area contributed by atoms with Crippen LogP contribution < -0.4 is 5.43 Å². The first-order chi connectivity index (χ1) is 10.3.